The molecule has 0 bridgehead atoms. The summed E-state index contributed by atoms with van der Waals surface area (Å²) in [5.74, 6) is 0. The van der Waals surface area contributed by atoms with Crippen LogP contribution >= 0.6 is 0 Å². The van der Waals surface area contributed by atoms with Crippen molar-refractivity contribution in [1.82, 2.24) is 9.13 Å². The zero-order valence-corrected chi connectivity index (χ0v) is 29.0. The smallest absolute Gasteiger partial charge is 0.0870 e. The van der Waals surface area contributed by atoms with Crippen LogP contribution < -0.4 is 0 Å². The molecule has 0 N–H and O–H groups in total. The van der Waals surface area contributed by atoms with Gasteiger partial charge >= 0.3 is 0 Å². The lowest BCUT2D eigenvalue weighted by molar-refractivity contribution is 0.718. The number of nitrogens with zero attached hydrogens (tertiary/aromatic N) is 2. The molecular formula is C51H34N2. The second-order valence-electron chi connectivity index (χ2n) is 14.1. The third kappa shape index (κ3) is 4.21. The first-order valence-electron chi connectivity index (χ1n) is 18.4. The molecule has 0 aliphatic heterocycles. The predicted molar refractivity (Wildman–Crippen MR) is 220 cm³/mol. The maximum Gasteiger partial charge on any atom is 0.0870 e. The van der Waals surface area contributed by atoms with Gasteiger partial charge in [0.2, 0.25) is 0 Å². The molecule has 0 saturated carbocycles. The first kappa shape index (κ1) is 29.8. The summed E-state index contributed by atoms with van der Waals surface area (Å²) >= 11 is 0. The summed E-state index contributed by atoms with van der Waals surface area (Å²) in [6.07, 6.45) is 0. The van der Waals surface area contributed by atoms with Crippen LogP contribution in [0.5, 0.6) is 0 Å². The zero-order chi connectivity index (χ0) is 34.9. The standard InChI is InChI=1S/C51H34N2/c1-4-18-35(19-5-1)36-32-39(52-46-29-15-11-24-41(46)42-25-12-16-30-47(42)52)34-40(33-36)53-48-31-17-13-27-44(48)49-43-26-10-14-28-45(43)51(50(49)53,37-20-6-2-7-21-37)38-22-8-3-9-23-38/h1-34H. The van der Waals surface area contributed by atoms with E-state index in [1.165, 1.54) is 77.3 Å². The van der Waals surface area contributed by atoms with Gasteiger partial charge in [-0.2, -0.15) is 0 Å². The summed E-state index contributed by atoms with van der Waals surface area (Å²) in [6.45, 7) is 0. The van der Waals surface area contributed by atoms with E-state index in [-0.39, 0.29) is 0 Å². The summed E-state index contributed by atoms with van der Waals surface area (Å²) in [5.41, 5.74) is 15.3. The SMILES string of the molecule is c1ccc(-c2cc(-n3c4c(c5ccccc53)-c3ccccc3C4(c3ccccc3)c3ccccc3)cc(-n3c4ccccc4c4ccccc43)c2)cc1. The molecule has 0 amide bonds. The summed E-state index contributed by atoms with van der Waals surface area (Å²) in [4.78, 5) is 0. The van der Waals surface area contributed by atoms with Crippen molar-refractivity contribution >= 4 is 32.7 Å². The topological polar surface area (TPSA) is 9.86 Å². The van der Waals surface area contributed by atoms with E-state index < -0.39 is 5.41 Å². The largest absolute Gasteiger partial charge is 0.311 e. The molecule has 53 heavy (non-hydrogen) atoms. The fraction of sp³-hybridized carbons (Fsp3) is 0.0196. The number of fused-ring (bicyclic) bond motifs is 8. The van der Waals surface area contributed by atoms with Gasteiger partial charge in [0.15, 0.2) is 0 Å². The third-order valence-electron chi connectivity index (χ3n) is 11.4. The van der Waals surface area contributed by atoms with Crippen LogP contribution in [0.4, 0.5) is 0 Å². The van der Waals surface area contributed by atoms with E-state index in [1.54, 1.807) is 0 Å². The minimum atomic E-state index is -0.566. The van der Waals surface area contributed by atoms with Crippen molar-refractivity contribution in [1.29, 1.82) is 0 Å². The van der Waals surface area contributed by atoms with Gasteiger partial charge in [-0.15, -0.1) is 0 Å². The molecule has 248 valence electrons. The van der Waals surface area contributed by atoms with Crippen molar-refractivity contribution in [2.75, 3.05) is 0 Å². The number of rotatable bonds is 5. The Balaban J connectivity index is 1.32. The van der Waals surface area contributed by atoms with Crippen LogP contribution in [0.2, 0.25) is 0 Å². The average molecular weight is 675 g/mol. The molecule has 1 aliphatic rings. The average Bonchev–Trinajstić information content (AvgIpc) is 3.86. The molecule has 11 rings (SSSR count). The van der Waals surface area contributed by atoms with Gasteiger partial charge in [0.1, 0.15) is 0 Å². The van der Waals surface area contributed by atoms with Gasteiger partial charge < -0.3 is 9.13 Å². The van der Waals surface area contributed by atoms with Crippen molar-refractivity contribution in [2.24, 2.45) is 0 Å². The van der Waals surface area contributed by atoms with Crippen LogP contribution in [0.15, 0.2) is 206 Å². The minimum Gasteiger partial charge on any atom is -0.311 e. The van der Waals surface area contributed by atoms with Crippen molar-refractivity contribution in [3.05, 3.63) is 229 Å². The van der Waals surface area contributed by atoms with Gasteiger partial charge in [-0.3, -0.25) is 0 Å². The van der Waals surface area contributed by atoms with Crippen molar-refractivity contribution in [3.63, 3.8) is 0 Å². The summed E-state index contributed by atoms with van der Waals surface area (Å²) in [7, 11) is 0. The molecule has 10 aromatic rings. The minimum absolute atomic E-state index is 0.566. The van der Waals surface area contributed by atoms with E-state index in [2.05, 4.69) is 215 Å². The quantitative estimate of drug-likeness (QED) is 0.172. The Bertz CT molecular complexity index is 2890. The molecule has 2 heteroatoms. The van der Waals surface area contributed by atoms with E-state index in [0.717, 1.165) is 11.4 Å². The van der Waals surface area contributed by atoms with Gasteiger partial charge in [-0.1, -0.05) is 170 Å². The van der Waals surface area contributed by atoms with Crippen LogP contribution in [-0.2, 0) is 5.41 Å². The van der Waals surface area contributed by atoms with Crippen LogP contribution in [0.1, 0.15) is 22.4 Å². The number of para-hydroxylation sites is 3. The molecule has 8 aromatic carbocycles. The van der Waals surface area contributed by atoms with E-state index in [0.29, 0.717) is 0 Å². The predicted octanol–water partition coefficient (Wildman–Crippen LogP) is 12.8. The second-order valence-corrected chi connectivity index (χ2v) is 14.1. The lowest BCUT2D eigenvalue weighted by Crippen LogP contribution is -2.31. The lowest BCUT2D eigenvalue weighted by Gasteiger charge is -2.35. The van der Waals surface area contributed by atoms with Crippen LogP contribution in [0, 0.1) is 0 Å². The Morgan fingerprint density at radius 1 is 0.340 bits per heavy atom. The fourth-order valence-corrected chi connectivity index (χ4v) is 9.27. The Morgan fingerprint density at radius 2 is 0.792 bits per heavy atom. The number of benzene rings is 8. The summed E-state index contributed by atoms with van der Waals surface area (Å²) in [5, 5.41) is 3.77. The van der Waals surface area contributed by atoms with Gasteiger partial charge in [0, 0.05) is 33.1 Å². The normalized spacial score (nSPS) is 13.1. The lowest BCUT2D eigenvalue weighted by atomic mass is 9.69. The maximum atomic E-state index is 2.58. The second kappa shape index (κ2) is 11.6. The maximum absolute atomic E-state index is 2.58. The van der Waals surface area contributed by atoms with E-state index in [4.69, 9.17) is 0 Å². The van der Waals surface area contributed by atoms with Gasteiger partial charge in [-0.05, 0) is 69.8 Å². The molecule has 0 spiro atoms. The number of hydrogen-bond acceptors (Lipinski definition) is 0. The van der Waals surface area contributed by atoms with Crippen molar-refractivity contribution in [2.45, 2.75) is 5.41 Å². The Labute approximate surface area is 308 Å². The van der Waals surface area contributed by atoms with E-state index in [1.807, 2.05) is 0 Å². The molecule has 2 heterocycles. The molecule has 0 saturated heterocycles. The molecule has 0 unspecified atom stereocenters. The molecule has 0 radical (unpaired) electrons. The first-order chi connectivity index (χ1) is 26.3. The Hall–Kier alpha value is -6.90. The molecule has 2 aromatic heterocycles. The van der Waals surface area contributed by atoms with Gasteiger partial charge in [0.25, 0.3) is 0 Å². The highest BCUT2D eigenvalue weighted by molar-refractivity contribution is 6.09. The highest BCUT2D eigenvalue weighted by Gasteiger charge is 2.49. The molecule has 0 atom stereocenters. The van der Waals surface area contributed by atoms with E-state index in [9.17, 15) is 0 Å². The third-order valence-corrected chi connectivity index (χ3v) is 11.4. The molecular weight excluding hydrogens is 641 g/mol. The molecule has 0 fully saturated rings. The Morgan fingerprint density at radius 3 is 1.40 bits per heavy atom. The highest BCUT2D eigenvalue weighted by Crippen LogP contribution is 2.59. The summed E-state index contributed by atoms with van der Waals surface area (Å²) < 4.78 is 5.03. The van der Waals surface area contributed by atoms with E-state index >= 15 is 0 Å². The van der Waals surface area contributed by atoms with Crippen molar-refractivity contribution < 1.29 is 0 Å². The van der Waals surface area contributed by atoms with Gasteiger partial charge in [0.05, 0.1) is 27.7 Å². The monoisotopic (exact) mass is 674 g/mol. The van der Waals surface area contributed by atoms with Gasteiger partial charge in [-0.25, -0.2) is 0 Å². The van der Waals surface area contributed by atoms with Crippen LogP contribution in [-0.4, -0.2) is 9.13 Å². The van der Waals surface area contributed by atoms with Crippen molar-refractivity contribution in [3.8, 4) is 33.6 Å². The molecule has 1 aliphatic carbocycles. The molecule has 2 nitrogen and oxygen atoms in total. The summed E-state index contributed by atoms with van der Waals surface area (Å²) in [6, 6.07) is 75.8. The fourth-order valence-electron chi connectivity index (χ4n) is 9.27. The van der Waals surface area contributed by atoms with Crippen LogP contribution in [0.3, 0.4) is 0 Å². The number of aromatic nitrogens is 2. The van der Waals surface area contributed by atoms with Crippen LogP contribution in [0.25, 0.3) is 66.3 Å². The first-order valence-corrected chi connectivity index (χ1v) is 18.4. The number of hydrogen-bond donors (Lipinski definition) is 0. The highest BCUT2D eigenvalue weighted by atomic mass is 15.0. The Kier molecular flexibility index (Phi) is 6.50. The zero-order valence-electron chi connectivity index (χ0n) is 29.0.